The molecule has 0 spiro atoms. The van der Waals surface area contributed by atoms with Crippen LogP contribution in [-0.2, 0) is 19.5 Å². The van der Waals surface area contributed by atoms with Crippen molar-refractivity contribution in [1.29, 1.82) is 0 Å². The summed E-state index contributed by atoms with van der Waals surface area (Å²) < 4.78 is 0. The number of anilines is 1. The molecule has 0 unspecified atom stereocenters. The van der Waals surface area contributed by atoms with Gasteiger partial charge in [-0.15, -0.1) is 0 Å². The van der Waals surface area contributed by atoms with Gasteiger partial charge in [0.2, 0.25) is 0 Å². The fraction of sp³-hybridized carbons (Fsp3) is 0.211. The lowest BCUT2D eigenvalue weighted by Gasteiger charge is -2.29. The van der Waals surface area contributed by atoms with Crippen molar-refractivity contribution >= 4 is 16.6 Å². The van der Waals surface area contributed by atoms with Gasteiger partial charge in [0.1, 0.15) is 0 Å². The number of benzene rings is 2. The van der Waals surface area contributed by atoms with E-state index >= 15 is 0 Å². The maximum absolute atomic E-state index is 6.38. The number of hydrogen-bond acceptors (Lipinski definition) is 3. The summed E-state index contributed by atoms with van der Waals surface area (Å²) in [6.45, 7) is 2.88. The number of fused-ring (bicyclic) bond motifs is 2. The summed E-state index contributed by atoms with van der Waals surface area (Å²) >= 11 is 0. The summed E-state index contributed by atoms with van der Waals surface area (Å²) in [6, 6.07) is 18.8. The van der Waals surface area contributed by atoms with Crippen LogP contribution in [0.4, 0.5) is 5.69 Å². The summed E-state index contributed by atoms with van der Waals surface area (Å²) in [5.74, 6) is 0. The molecule has 0 saturated carbocycles. The van der Waals surface area contributed by atoms with Crippen LogP contribution in [0.25, 0.3) is 10.9 Å². The van der Waals surface area contributed by atoms with E-state index in [1.54, 1.807) is 0 Å². The molecule has 22 heavy (non-hydrogen) atoms. The zero-order chi connectivity index (χ0) is 14.9. The van der Waals surface area contributed by atoms with E-state index in [9.17, 15) is 0 Å². The number of aromatic nitrogens is 1. The number of nitrogens with two attached hydrogens (primary N) is 1. The van der Waals surface area contributed by atoms with Gasteiger partial charge >= 0.3 is 0 Å². The normalized spacial score (nSPS) is 14.9. The van der Waals surface area contributed by atoms with Crippen molar-refractivity contribution in [2.45, 2.75) is 19.5 Å². The Hall–Kier alpha value is -2.39. The molecule has 2 aromatic carbocycles. The van der Waals surface area contributed by atoms with Gasteiger partial charge in [-0.05, 0) is 23.6 Å². The third-order valence-electron chi connectivity index (χ3n) is 4.42. The molecule has 0 aliphatic carbocycles. The van der Waals surface area contributed by atoms with Crippen LogP contribution < -0.4 is 5.73 Å². The molecule has 0 fully saturated rings. The van der Waals surface area contributed by atoms with Crippen LogP contribution in [0.2, 0.25) is 0 Å². The van der Waals surface area contributed by atoms with Crippen LogP contribution in [-0.4, -0.2) is 16.4 Å². The van der Waals surface area contributed by atoms with Crippen molar-refractivity contribution in [3.8, 4) is 0 Å². The van der Waals surface area contributed by atoms with E-state index < -0.39 is 0 Å². The lowest BCUT2D eigenvalue weighted by Crippen LogP contribution is -2.31. The Morgan fingerprint density at radius 1 is 1.00 bits per heavy atom. The number of nitrogen functional groups attached to an aromatic ring is 1. The number of hydrogen-bond donors (Lipinski definition) is 1. The summed E-state index contributed by atoms with van der Waals surface area (Å²) in [7, 11) is 0. The van der Waals surface area contributed by atoms with E-state index in [1.165, 1.54) is 11.1 Å². The van der Waals surface area contributed by atoms with Crippen LogP contribution in [0.5, 0.6) is 0 Å². The first-order chi connectivity index (χ1) is 10.8. The number of rotatable bonds is 2. The lowest BCUT2D eigenvalue weighted by molar-refractivity contribution is 0.242. The van der Waals surface area contributed by atoms with E-state index in [-0.39, 0.29) is 0 Å². The van der Waals surface area contributed by atoms with Crippen molar-refractivity contribution in [3.05, 3.63) is 71.4 Å². The van der Waals surface area contributed by atoms with Gasteiger partial charge in [0.15, 0.2) is 0 Å². The molecule has 1 aliphatic rings. The highest BCUT2D eigenvalue weighted by Crippen LogP contribution is 2.30. The highest BCUT2D eigenvalue weighted by atomic mass is 15.1. The summed E-state index contributed by atoms with van der Waals surface area (Å²) in [5, 5.41) is 1.08. The Morgan fingerprint density at radius 3 is 2.64 bits per heavy atom. The fourth-order valence-electron chi connectivity index (χ4n) is 3.28. The van der Waals surface area contributed by atoms with Crippen LogP contribution in [0, 0.1) is 0 Å². The molecule has 110 valence electrons. The standard InChI is InChI=1S/C19H19N3/c20-19-15-8-4-5-9-17(15)21-18-13-22(11-10-16(18)19)12-14-6-2-1-3-7-14/h1-9H,10-13H2,(H2,20,21). The zero-order valence-corrected chi connectivity index (χ0v) is 12.5. The highest BCUT2D eigenvalue weighted by molar-refractivity contribution is 5.92. The molecule has 3 heteroatoms. The summed E-state index contributed by atoms with van der Waals surface area (Å²) in [5.41, 5.74) is 12.0. The Bertz CT molecular complexity index is 812. The SMILES string of the molecule is Nc1c2c(nc3ccccc13)CN(Cc1ccccc1)CC2. The van der Waals surface area contributed by atoms with Gasteiger partial charge in [0.25, 0.3) is 0 Å². The first-order valence-corrected chi connectivity index (χ1v) is 7.73. The number of pyridine rings is 1. The molecule has 0 atom stereocenters. The summed E-state index contributed by atoms with van der Waals surface area (Å²) in [4.78, 5) is 7.29. The highest BCUT2D eigenvalue weighted by Gasteiger charge is 2.21. The molecular formula is C19H19N3. The largest absolute Gasteiger partial charge is 0.398 e. The average molecular weight is 289 g/mol. The van der Waals surface area contributed by atoms with Gasteiger partial charge in [0.05, 0.1) is 11.2 Å². The molecule has 2 heterocycles. The predicted octanol–water partition coefficient (Wildman–Crippen LogP) is 3.38. The minimum atomic E-state index is 0.874. The zero-order valence-electron chi connectivity index (χ0n) is 12.5. The Balaban J connectivity index is 1.66. The first kappa shape index (κ1) is 13.3. The third-order valence-corrected chi connectivity index (χ3v) is 4.42. The van der Waals surface area contributed by atoms with Crippen molar-refractivity contribution in [1.82, 2.24) is 9.88 Å². The van der Waals surface area contributed by atoms with Crippen LogP contribution in [0.1, 0.15) is 16.8 Å². The second kappa shape index (κ2) is 5.43. The molecule has 1 aliphatic heterocycles. The maximum Gasteiger partial charge on any atom is 0.0726 e. The van der Waals surface area contributed by atoms with E-state index in [2.05, 4.69) is 41.3 Å². The Morgan fingerprint density at radius 2 is 1.77 bits per heavy atom. The van der Waals surface area contributed by atoms with Crippen molar-refractivity contribution < 1.29 is 0 Å². The number of para-hydroxylation sites is 1. The van der Waals surface area contributed by atoms with Crippen molar-refractivity contribution in [2.75, 3.05) is 12.3 Å². The van der Waals surface area contributed by atoms with Crippen molar-refractivity contribution in [3.63, 3.8) is 0 Å². The lowest BCUT2D eigenvalue weighted by atomic mass is 9.99. The average Bonchev–Trinajstić information content (AvgIpc) is 2.56. The minimum Gasteiger partial charge on any atom is -0.398 e. The molecule has 3 nitrogen and oxygen atoms in total. The van der Waals surface area contributed by atoms with Gasteiger partial charge in [-0.25, -0.2) is 0 Å². The molecule has 1 aromatic heterocycles. The minimum absolute atomic E-state index is 0.874. The molecular weight excluding hydrogens is 270 g/mol. The van der Waals surface area contributed by atoms with Gasteiger partial charge < -0.3 is 5.73 Å². The second-order valence-corrected chi connectivity index (χ2v) is 5.91. The molecule has 4 rings (SSSR count). The van der Waals surface area contributed by atoms with Crippen LogP contribution in [0.3, 0.4) is 0 Å². The molecule has 0 amide bonds. The fourth-order valence-corrected chi connectivity index (χ4v) is 3.28. The Kier molecular flexibility index (Phi) is 3.28. The third kappa shape index (κ3) is 2.34. The van der Waals surface area contributed by atoms with Gasteiger partial charge in [-0.1, -0.05) is 48.5 Å². The quantitative estimate of drug-likeness (QED) is 0.786. The topological polar surface area (TPSA) is 42.1 Å². The molecule has 2 N–H and O–H groups in total. The monoisotopic (exact) mass is 289 g/mol. The van der Waals surface area contributed by atoms with Crippen LogP contribution >= 0.6 is 0 Å². The smallest absolute Gasteiger partial charge is 0.0726 e. The molecule has 0 bridgehead atoms. The summed E-state index contributed by atoms with van der Waals surface area (Å²) in [6.07, 6.45) is 0.978. The van der Waals surface area contributed by atoms with E-state index in [4.69, 9.17) is 10.7 Å². The molecule has 0 radical (unpaired) electrons. The van der Waals surface area contributed by atoms with E-state index in [0.717, 1.165) is 48.3 Å². The first-order valence-electron chi connectivity index (χ1n) is 7.73. The molecule has 3 aromatic rings. The predicted molar refractivity (Wildman–Crippen MR) is 90.4 cm³/mol. The second-order valence-electron chi connectivity index (χ2n) is 5.91. The van der Waals surface area contributed by atoms with Crippen molar-refractivity contribution in [2.24, 2.45) is 0 Å². The molecule has 0 saturated heterocycles. The number of nitrogens with zero attached hydrogens (tertiary/aromatic N) is 2. The van der Waals surface area contributed by atoms with Gasteiger partial charge in [-0.3, -0.25) is 9.88 Å². The van der Waals surface area contributed by atoms with Crippen LogP contribution in [0.15, 0.2) is 54.6 Å². The van der Waals surface area contributed by atoms with Gasteiger partial charge in [-0.2, -0.15) is 0 Å². The van der Waals surface area contributed by atoms with E-state index in [0.29, 0.717) is 0 Å². The van der Waals surface area contributed by atoms with E-state index in [1.807, 2.05) is 18.2 Å². The maximum atomic E-state index is 6.38. The van der Waals surface area contributed by atoms with Gasteiger partial charge in [0, 0.05) is 30.7 Å². The Labute approximate surface area is 130 Å².